The van der Waals surface area contributed by atoms with Crippen LogP contribution in [-0.2, 0) is 0 Å². The number of aromatic nitrogens is 2. The van der Waals surface area contributed by atoms with E-state index in [4.69, 9.17) is 14.7 Å². The van der Waals surface area contributed by atoms with E-state index in [2.05, 4.69) is 11.0 Å². The summed E-state index contributed by atoms with van der Waals surface area (Å²) in [4.78, 5) is 20.0. The van der Waals surface area contributed by atoms with Gasteiger partial charge in [0.15, 0.2) is 11.7 Å². The summed E-state index contributed by atoms with van der Waals surface area (Å²) in [6, 6.07) is 14.5. The fraction of sp³-hybridized carbons (Fsp3) is 0.300. The standard InChI is InChI=1S/C30H28F2N4O2/c1-19-5-3-6-20(2)28(19)36-18-22(7-10-26(36)37)27-29(24-9-8-23(31)17-25(24)32)38-30(34-27)21-11-15-35(16-12-21)14-4-13-33/h3,5-10,17-18,21H,4,11-12,14-16H2,1-2H3. The summed E-state index contributed by atoms with van der Waals surface area (Å²) in [7, 11) is 0. The van der Waals surface area contributed by atoms with E-state index < -0.39 is 11.6 Å². The number of hydrogen-bond donors (Lipinski definition) is 0. The molecule has 8 heteroatoms. The molecular formula is C30H28F2N4O2. The number of oxazole rings is 1. The average molecular weight is 515 g/mol. The van der Waals surface area contributed by atoms with E-state index in [1.807, 2.05) is 32.0 Å². The second-order valence-corrected chi connectivity index (χ2v) is 9.74. The van der Waals surface area contributed by atoms with E-state index in [-0.39, 0.29) is 22.8 Å². The first kappa shape index (κ1) is 25.6. The van der Waals surface area contributed by atoms with Crippen LogP contribution < -0.4 is 5.56 Å². The van der Waals surface area contributed by atoms with Crippen molar-refractivity contribution >= 4 is 0 Å². The lowest BCUT2D eigenvalue weighted by atomic mass is 9.96. The minimum absolute atomic E-state index is 0.0221. The van der Waals surface area contributed by atoms with Crippen LogP contribution in [0.4, 0.5) is 8.78 Å². The normalized spacial score (nSPS) is 14.5. The van der Waals surface area contributed by atoms with Crippen LogP contribution in [-0.4, -0.2) is 34.1 Å². The molecule has 1 fully saturated rings. The van der Waals surface area contributed by atoms with Gasteiger partial charge in [0.2, 0.25) is 0 Å². The fourth-order valence-corrected chi connectivity index (χ4v) is 5.16. The molecule has 38 heavy (non-hydrogen) atoms. The fourth-order valence-electron chi connectivity index (χ4n) is 5.16. The number of hydrogen-bond acceptors (Lipinski definition) is 5. The predicted molar refractivity (Wildman–Crippen MR) is 141 cm³/mol. The Labute approximate surface area is 219 Å². The third-order valence-corrected chi connectivity index (χ3v) is 7.16. The lowest BCUT2D eigenvalue weighted by Gasteiger charge is -2.29. The van der Waals surface area contributed by atoms with Crippen molar-refractivity contribution in [2.75, 3.05) is 19.6 Å². The summed E-state index contributed by atoms with van der Waals surface area (Å²) in [5.74, 6) is -0.711. The highest BCUT2D eigenvalue weighted by Crippen LogP contribution is 2.38. The van der Waals surface area contributed by atoms with Gasteiger partial charge in [-0.15, -0.1) is 0 Å². The van der Waals surface area contributed by atoms with Crippen molar-refractivity contribution in [3.05, 3.63) is 93.7 Å². The molecule has 2 aromatic carbocycles. The molecule has 0 saturated carbocycles. The van der Waals surface area contributed by atoms with Gasteiger partial charge in [0, 0.05) is 42.8 Å². The van der Waals surface area contributed by atoms with Gasteiger partial charge < -0.3 is 9.32 Å². The molecule has 1 saturated heterocycles. The van der Waals surface area contributed by atoms with Crippen molar-refractivity contribution < 1.29 is 13.2 Å². The summed E-state index contributed by atoms with van der Waals surface area (Å²) in [6.07, 6.45) is 3.77. The number of rotatable bonds is 6. The Morgan fingerprint density at radius 1 is 1.08 bits per heavy atom. The van der Waals surface area contributed by atoms with Gasteiger partial charge >= 0.3 is 0 Å². The second kappa shape index (κ2) is 10.7. The molecule has 0 aliphatic carbocycles. The van der Waals surface area contributed by atoms with Crippen molar-refractivity contribution in [3.63, 3.8) is 0 Å². The summed E-state index contributed by atoms with van der Waals surface area (Å²) in [5.41, 5.74) is 3.56. The molecule has 5 rings (SSSR count). The molecular weight excluding hydrogens is 486 g/mol. The molecule has 0 N–H and O–H groups in total. The summed E-state index contributed by atoms with van der Waals surface area (Å²) in [6.45, 7) is 6.23. The zero-order valence-electron chi connectivity index (χ0n) is 21.4. The molecule has 0 bridgehead atoms. The Balaban J connectivity index is 1.60. The van der Waals surface area contributed by atoms with Gasteiger partial charge in [-0.05, 0) is 69.1 Å². The quantitative estimate of drug-likeness (QED) is 0.309. The minimum atomic E-state index is -0.747. The highest BCUT2D eigenvalue weighted by atomic mass is 19.1. The Morgan fingerprint density at radius 3 is 2.50 bits per heavy atom. The van der Waals surface area contributed by atoms with E-state index in [0.717, 1.165) is 55.4 Å². The zero-order valence-corrected chi connectivity index (χ0v) is 21.4. The molecule has 0 spiro atoms. The summed E-state index contributed by atoms with van der Waals surface area (Å²) < 4.78 is 36.5. The van der Waals surface area contributed by atoms with Gasteiger partial charge in [-0.2, -0.15) is 5.26 Å². The third-order valence-electron chi connectivity index (χ3n) is 7.16. The maximum Gasteiger partial charge on any atom is 0.255 e. The van der Waals surface area contributed by atoms with Gasteiger partial charge in [-0.3, -0.25) is 9.36 Å². The predicted octanol–water partition coefficient (Wildman–Crippen LogP) is 6.15. The van der Waals surface area contributed by atoms with Crippen LogP contribution in [0, 0.1) is 36.8 Å². The number of aryl methyl sites for hydroxylation is 2. The Morgan fingerprint density at radius 2 is 1.82 bits per heavy atom. The summed E-state index contributed by atoms with van der Waals surface area (Å²) >= 11 is 0. The van der Waals surface area contributed by atoms with Crippen LogP contribution >= 0.6 is 0 Å². The van der Waals surface area contributed by atoms with Crippen molar-refractivity contribution in [3.8, 4) is 34.3 Å². The average Bonchev–Trinajstić information content (AvgIpc) is 3.34. The topological polar surface area (TPSA) is 75.1 Å². The molecule has 3 heterocycles. The van der Waals surface area contributed by atoms with Crippen LogP contribution in [0.2, 0.25) is 0 Å². The van der Waals surface area contributed by atoms with Gasteiger partial charge in [-0.25, -0.2) is 13.8 Å². The Kier molecular flexibility index (Phi) is 7.21. The van der Waals surface area contributed by atoms with E-state index in [1.165, 1.54) is 18.2 Å². The molecule has 6 nitrogen and oxygen atoms in total. The maximum absolute atomic E-state index is 15.0. The second-order valence-electron chi connectivity index (χ2n) is 9.74. The molecule has 0 unspecified atom stereocenters. The van der Waals surface area contributed by atoms with Gasteiger partial charge in [0.05, 0.1) is 17.3 Å². The van der Waals surface area contributed by atoms with Crippen LogP contribution in [0.5, 0.6) is 0 Å². The third kappa shape index (κ3) is 5.02. The first-order chi connectivity index (χ1) is 18.4. The molecule has 0 atom stereocenters. The van der Waals surface area contributed by atoms with E-state index >= 15 is 0 Å². The monoisotopic (exact) mass is 514 g/mol. The lowest BCUT2D eigenvalue weighted by Crippen LogP contribution is -2.33. The number of benzene rings is 2. The molecule has 194 valence electrons. The van der Waals surface area contributed by atoms with E-state index in [0.29, 0.717) is 23.6 Å². The van der Waals surface area contributed by atoms with Crippen LogP contribution in [0.15, 0.2) is 63.9 Å². The van der Waals surface area contributed by atoms with Gasteiger partial charge in [-0.1, -0.05) is 18.2 Å². The highest BCUT2D eigenvalue weighted by Gasteiger charge is 2.28. The number of likely N-dealkylation sites (tertiary alicyclic amines) is 1. The first-order valence-corrected chi connectivity index (χ1v) is 12.7. The number of nitriles is 1. The van der Waals surface area contributed by atoms with Gasteiger partial charge in [0.25, 0.3) is 5.56 Å². The van der Waals surface area contributed by atoms with Crippen molar-refractivity contribution in [1.29, 1.82) is 5.26 Å². The van der Waals surface area contributed by atoms with Crippen molar-refractivity contribution in [2.24, 2.45) is 0 Å². The van der Waals surface area contributed by atoms with E-state index in [9.17, 15) is 13.6 Å². The van der Waals surface area contributed by atoms with Crippen molar-refractivity contribution in [2.45, 2.75) is 39.0 Å². The Bertz CT molecular complexity index is 1560. The first-order valence-electron chi connectivity index (χ1n) is 12.7. The highest BCUT2D eigenvalue weighted by molar-refractivity contribution is 5.77. The minimum Gasteiger partial charge on any atom is -0.440 e. The molecule has 2 aromatic heterocycles. The number of para-hydroxylation sites is 1. The number of pyridine rings is 1. The molecule has 1 aliphatic rings. The van der Waals surface area contributed by atoms with Crippen LogP contribution in [0.25, 0.3) is 28.3 Å². The largest absolute Gasteiger partial charge is 0.440 e. The molecule has 0 radical (unpaired) electrons. The molecule has 0 amide bonds. The molecule has 1 aliphatic heterocycles. The number of nitrogens with zero attached hydrogens (tertiary/aromatic N) is 4. The SMILES string of the molecule is Cc1cccc(C)c1-n1cc(-c2nc(C3CCN(CCC#N)CC3)oc2-c2ccc(F)cc2F)ccc1=O. The van der Waals surface area contributed by atoms with Gasteiger partial charge in [0.1, 0.15) is 17.3 Å². The zero-order chi connectivity index (χ0) is 26.8. The smallest absolute Gasteiger partial charge is 0.255 e. The Hall–Kier alpha value is -4.09. The van der Waals surface area contributed by atoms with E-state index in [1.54, 1.807) is 16.8 Å². The van der Waals surface area contributed by atoms with Crippen LogP contribution in [0.1, 0.15) is 42.2 Å². The molecule has 4 aromatic rings. The van der Waals surface area contributed by atoms with Crippen molar-refractivity contribution in [1.82, 2.24) is 14.5 Å². The number of piperidine rings is 1. The van der Waals surface area contributed by atoms with Crippen LogP contribution in [0.3, 0.4) is 0 Å². The maximum atomic E-state index is 15.0. The lowest BCUT2D eigenvalue weighted by molar-refractivity contribution is 0.204. The number of halogens is 2. The summed E-state index contributed by atoms with van der Waals surface area (Å²) in [5, 5.41) is 8.88.